The van der Waals surface area contributed by atoms with E-state index in [1.165, 1.54) is 0 Å². The van der Waals surface area contributed by atoms with E-state index in [4.69, 9.17) is 16.0 Å². The topological polar surface area (TPSA) is 66.6 Å². The number of likely N-dealkylation sites (tertiary alicyclic amines) is 1. The fourth-order valence-corrected chi connectivity index (χ4v) is 3.41. The van der Waals surface area contributed by atoms with Crippen LogP contribution in [0.3, 0.4) is 0 Å². The number of fused-ring (bicyclic) bond motifs is 1. The Labute approximate surface area is 156 Å². The zero-order valence-corrected chi connectivity index (χ0v) is 14.9. The average Bonchev–Trinajstić information content (AvgIpc) is 3.04. The molecule has 0 aliphatic carbocycles. The second kappa shape index (κ2) is 7.09. The van der Waals surface area contributed by atoms with Crippen LogP contribution in [-0.4, -0.2) is 40.1 Å². The number of aromatic nitrogens is 1. The fraction of sp³-hybridized carbons (Fsp3) is 0.300. The molecule has 1 N–H and O–H groups in total. The number of nitrogens with zero attached hydrogens (tertiary/aromatic N) is 2. The molecule has 26 heavy (non-hydrogen) atoms. The number of β-amino-alcohol motifs (C(OH)–C–C–N with tert-alkyl or cyclic N) is 1. The standard InChI is InChI=1S/C20H19ClN2O3/c21-15-6-3-13(4-7-15)10-19-22-17-11-14(5-8-18(17)26-19)20(25)23-9-1-2-16(24)12-23/h3-8,11,16,24H,1-2,9-10,12H2. The first-order chi connectivity index (χ1) is 12.6. The molecule has 3 aromatic rings. The molecule has 5 nitrogen and oxygen atoms in total. The van der Waals surface area contributed by atoms with Gasteiger partial charge in [-0.1, -0.05) is 23.7 Å². The van der Waals surface area contributed by atoms with Crippen molar-refractivity contribution in [2.24, 2.45) is 0 Å². The SMILES string of the molecule is O=C(c1ccc2oc(Cc3ccc(Cl)cc3)nc2c1)N1CCCC(O)C1. The number of piperidine rings is 1. The van der Waals surface area contributed by atoms with Crippen molar-refractivity contribution in [2.75, 3.05) is 13.1 Å². The molecule has 0 saturated carbocycles. The normalized spacial score (nSPS) is 17.6. The minimum absolute atomic E-state index is 0.0760. The highest BCUT2D eigenvalue weighted by Gasteiger charge is 2.23. The van der Waals surface area contributed by atoms with E-state index in [9.17, 15) is 9.90 Å². The number of aliphatic hydroxyl groups is 1. The van der Waals surface area contributed by atoms with Crippen molar-refractivity contribution in [1.29, 1.82) is 0 Å². The van der Waals surface area contributed by atoms with Gasteiger partial charge in [-0.05, 0) is 48.7 Å². The van der Waals surface area contributed by atoms with Gasteiger partial charge in [0.15, 0.2) is 11.5 Å². The third kappa shape index (κ3) is 3.59. The zero-order chi connectivity index (χ0) is 18.1. The maximum absolute atomic E-state index is 12.7. The lowest BCUT2D eigenvalue weighted by Gasteiger charge is -2.30. The molecule has 1 aliphatic heterocycles. The Morgan fingerprint density at radius 1 is 1.27 bits per heavy atom. The summed E-state index contributed by atoms with van der Waals surface area (Å²) >= 11 is 5.91. The van der Waals surface area contributed by atoms with Gasteiger partial charge in [0.2, 0.25) is 0 Å². The van der Waals surface area contributed by atoms with Gasteiger partial charge < -0.3 is 14.4 Å². The molecule has 1 saturated heterocycles. The molecule has 1 fully saturated rings. The summed E-state index contributed by atoms with van der Waals surface area (Å²) in [7, 11) is 0. The Balaban J connectivity index is 1.55. The third-order valence-corrected chi connectivity index (χ3v) is 4.88. The molecule has 1 aromatic heterocycles. The van der Waals surface area contributed by atoms with Crippen LogP contribution in [0.4, 0.5) is 0 Å². The molecule has 1 amide bonds. The van der Waals surface area contributed by atoms with Gasteiger partial charge in [0.1, 0.15) is 5.52 Å². The van der Waals surface area contributed by atoms with Crippen LogP contribution in [0.5, 0.6) is 0 Å². The van der Waals surface area contributed by atoms with Crippen LogP contribution in [-0.2, 0) is 6.42 Å². The number of benzene rings is 2. The summed E-state index contributed by atoms with van der Waals surface area (Å²) in [6.45, 7) is 1.06. The highest BCUT2D eigenvalue weighted by Crippen LogP contribution is 2.22. The van der Waals surface area contributed by atoms with Gasteiger partial charge in [-0.15, -0.1) is 0 Å². The minimum Gasteiger partial charge on any atom is -0.440 e. The maximum atomic E-state index is 12.7. The Morgan fingerprint density at radius 3 is 2.85 bits per heavy atom. The van der Waals surface area contributed by atoms with Crippen LogP contribution in [0.15, 0.2) is 46.9 Å². The van der Waals surface area contributed by atoms with Gasteiger partial charge in [-0.2, -0.15) is 0 Å². The highest BCUT2D eigenvalue weighted by atomic mass is 35.5. The third-order valence-electron chi connectivity index (χ3n) is 4.63. The molecule has 0 radical (unpaired) electrons. The van der Waals surface area contributed by atoms with E-state index in [1.54, 1.807) is 23.1 Å². The van der Waals surface area contributed by atoms with Crippen LogP contribution in [0.1, 0.15) is 34.7 Å². The van der Waals surface area contributed by atoms with E-state index in [0.29, 0.717) is 47.1 Å². The predicted molar refractivity (Wildman–Crippen MR) is 99.4 cm³/mol. The first kappa shape index (κ1) is 17.1. The zero-order valence-electron chi connectivity index (χ0n) is 14.2. The number of amides is 1. The second-order valence-corrected chi connectivity index (χ2v) is 7.08. The van der Waals surface area contributed by atoms with Gasteiger partial charge in [0, 0.05) is 30.1 Å². The van der Waals surface area contributed by atoms with E-state index >= 15 is 0 Å². The Bertz CT molecular complexity index is 936. The largest absolute Gasteiger partial charge is 0.440 e. The van der Waals surface area contributed by atoms with Gasteiger partial charge in [0.25, 0.3) is 5.91 Å². The number of hydrogen-bond donors (Lipinski definition) is 1. The molecule has 4 rings (SSSR count). The Kier molecular flexibility index (Phi) is 4.66. The number of carbonyl (C=O) groups excluding carboxylic acids is 1. The lowest BCUT2D eigenvalue weighted by atomic mass is 10.1. The molecule has 1 unspecified atom stereocenters. The number of carbonyl (C=O) groups is 1. The Morgan fingerprint density at radius 2 is 2.08 bits per heavy atom. The molecule has 0 bridgehead atoms. The monoisotopic (exact) mass is 370 g/mol. The molecule has 6 heteroatoms. The molecule has 2 aromatic carbocycles. The summed E-state index contributed by atoms with van der Waals surface area (Å²) in [5.41, 5.74) is 2.94. The van der Waals surface area contributed by atoms with Gasteiger partial charge in [0.05, 0.1) is 6.10 Å². The lowest BCUT2D eigenvalue weighted by Crippen LogP contribution is -2.42. The number of aliphatic hydroxyl groups excluding tert-OH is 1. The maximum Gasteiger partial charge on any atom is 0.254 e. The van der Waals surface area contributed by atoms with Gasteiger partial charge >= 0.3 is 0 Å². The number of hydrogen-bond acceptors (Lipinski definition) is 4. The summed E-state index contributed by atoms with van der Waals surface area (Å²) in [6.07, 6.45) is 1.70. The quantitative estimate of drug-likeness (QED) is 0.763. The Hall–Kier alpha value is -2.37. The molecule has 2 heterocycles. The van der Waals surface area contributed by atoms with Crippen LogP contribution in [0.25, 0.3) is 11.1 Å². The summed E-state index contributed by atoms with van der Waals surface area (Å²) < 4.78 is 5.79. The van der Waals surface area contributed by atoms with E-state index < -0.39 is 6.10 Å². The molecule has 1 aliphatic rings. The lowest BCUT2D eigenvalue weighted by molar-refractivity contribution is 0.0474. The smallest absolute Gasteiger partial charge is 0.254 e. The van der Waals surface area contributed by atoms with E-state index in [2.05, 4.69) is 4.98 Å². The van der Waals surface area contributed by atoms with Crippen LogP contribution >= 0.6 is 11.6 Å². The van der Waals surface area contributed by atoms with E-state index in [-0.39, 0.29) is 5.91 Å². The van der Waals surface area contributed by atoms with Crippen molar-refractivity contribution >= 4 is 28.6 Å². The van der Waals surface area contributed by atoms with Crippen molar-refractivity contribution in [1.82, 2.24) is 9.88 Å². The van der Waals surface area contributed by atoms with Crippen LogP contribution < -0.4 is 0 Å². The summed E-state index contributed by atoms with van der Waals surface area (Å²) in [6, 6.07) is 12.8. The van der Waals surface area contributed by atoms with Crippen LogP contribution in [0, 0.1) is 0 Å². The van der Waals surface area contributed by atoms with Crippen molar-refractivity contribution in [3.8, 4) is 0 Å². The summed E-state index contributed by atoms with van der Waals surface area (Å²) in [4.78, 5) is 18.9. The minimum atomic E-state index is -0.436. The summed E-state index contributed by atoms with van der Waals surface area (Å²) in [5.74, 6) is 0.521. The van der Waals surface area contributed by atoms with Crippen LogP contribution in [0.2, 0.25) is 5.02 Å². The second-order valence-electron chi connectivity index (χ2n) is 6.64. The number of oxazole rings is 1. The van der Waals surface area contributed by atoms with Crippen molar-refractivity contribution in [3.63, 3.8) is 0 Å². The van der Waals surface area contributed by atoms with Crippen molar-refractivity contribution in [3.05, 3.63) is 64.5 Å². The molecule has 134 valence electrons. The predicted octanol–water partition coefficient (Wildman–Crippen LogP) is 3.67. The van der Waals surface area contributed by atoms with Crippen molar-refractivity contribution in [2.45, 2.75) is 25.4 Å². The first-order valence-electron chi connectivity index (χ1n) is 8.70. The summed E-state index contributed by atoms with van der Waals surface area (Å²) in [5, 5.41) is 10.5. The van der Waals surface area contributed by atoms with Crippen molar-refractivity contribution < 1.29 is 14.3 Å². The first-order valence-corrected chi connectivity index (χ1v) is 9.07. The van der Waals surface area contributed by atoms with E-state index in [1.807, 2.05) is 24.3 Å². The molecule has 0 spiro atoms. The number of halogens is 1. The fourth-order valence-electron chi connectivity index (χ4n) is 3.28. The molecular formula is C20H19ClN2O3. The highest BCUT2D eigenvalue weighted by molar-refractivity contribution is 6.30. The van der Waals surface area contributed by atoms with E-state index in [0.717, 1.165) is 18.4 Å². The molecule has 1 atom stereocenters. The average molecular weight is 371 g/mol. The van der Waals surface area contributed by atoms with Gasteiger partial charge in [-0.25, -0.2) is 4.98 Å². The number of rotatable bonds is 3. The molecular weight excluding hydrogens is 352 g/mol. The van der Waals surface area contributed by atoms with Gasteiger partial charge in [-0.3, -0.25) is 4.79 Å².